The monoisotopic (exact) mass is 156 g/mol. The predicted octanol–water partition coefficient (Wildman–Crippen LogP) is -3.53. The van der Waals surface area contributed by atoms with E-state index in [1.807, 2.05) is 0 Å². The van der Waals surface area contributed by atoms with Crippen molar-refractivity contribution in [2.45, 2.75) is 26.1 Å². The van der Waals surface area contributed by atoms with E-state index in [0.717, 1.165) is 0 Å². The molecule has 2 unspecified atom stereocenters. The zero-order chi connectivity index (χ0) is 7.44. The minimum Gasteiger partial charge on any atom is -1.00 e. The Hall–Kier alpha value is 0.390. The van der Waals surface area contributed by atoms with Gasteiger partial charge in [-0.25, -0.2) is 0 Å². The second kappa shape index (κ2) is 6.12. The molecule has 0 radical (unpaired) electrons. The van der Waals surface area contributed by atoms with Gasteiger partial charge in [0.25, 0.3) is 0 Å². The van der Waals surface area contributed by atoms with Crippen molar-refractivity contribution < 1.29 is 40.9 Å². The molecule has 0 saturated heterocycles. The first-order chi connectivity index (χ1) is 4.04. The summed E-state index contributed by atoms with van der Waals surface area (Å²) in [4.78, 5) is 10.1. The van der Waals surface area contributed by atoms with Crippen molar-refractivity contribution in [2.75, 3.05) is 0 Å². The van der Waals surface area contributed by atoms with E-state index in [2.05, 4.69) is 5.32 Å². The number of nitrogens with one attached hydrogen (secondary N) is 1. The van der Waals surface area contributed by atoms with E-state index in [1.165, 1.54) is 0 Å². The van der Waals surface area contributed by atoms with Crippen LogP contribution >= 0.6 is 0 Å². The first kappa shape index (κ1) is 13.0. The second-order valence-corrected chi connectivity index (χ2v) is 2.02. The van der Waals surface area contributed by atoms with Crippen molar-refractivity contribution in [3.63, 3.8) is 0 Å². The maximum atomic E-state index is 10.1. The Morgan fingerprint density at radius 2 is 2.10 bits per heavy atom. The van der Waals surface area contributed by atoms with Gasteiger partial charge in [-0.1, -0.05) is 0 Å². The zero-order valence-corrected chi connectivity index (χ0v) is 8.59. The molecule has 0 aliphatic heterocycles. The summed E-state index contributed by atoms with van der Waals surface area (Å²) in [5.41, 5.74) is 5.26. The fourth-order valence-corrected chi connectivity index (χ4v) is 0.466. The molecule has 0 heterocycles. The molecule has 0 rings (SSSR count). The van der Waals surface area contributed by atoms with Crippen LogP contribution < -0.4 is 40.6 Å². The molecule has 0 fully saturated rings. The van der Waals surface area contributed by atoms with Crippen LogP contribution in [0.25, 0.3) is 0 Å². The Balaban J connectivity index is -0.000000320. The van der Waals surface area contributed by atoms with Crippen LogP contribution in [-0.4, -0.2) is 23.3 Å². The van der Waals surface area contributed by atoms with Crippen LogP contribution in [0.5, 0.6) is 0 Å². The standard InChI is InChI=1S/C5H12N2O2.Na.H/c1-3(5(8)9)7-4(2)6;;/h3-4,7H,6H2,1-2H3,(H,8,9);;/q;+1;-1. The molecular weight excluding hydrogens is 143 g/mol. The van der Waals surface area contributed by atoms with Crippen molar-refractivity contribution >= 4 is 5.97 Å². The minimum atomic E-state index is -0.882. The number of carbonyl (C=O) groups is 1. The number of hydrogen-bond donors (Lipinski definition) is 3. The number of aliphatic carboxylic acids is 1. The van der Waals surface area contributed by atoms with Gasteiger partial charge >= 0.3 is 35.5 Å². The topological polar surface area (TPSA) is 75.3 Å². The van der Waals surface area contributed by atoms with Crippen LogP contribution in [-0.2, 0) is 4.79 Å². The minimum absolute atomic E-state index is 0. The molecule has 0 aromatic rings. The van der Waals surface area contributed by atoms with Crippen LogP contribution in [0.15, 0.2) is 0 Å². The van der Waals surface area contributed by atoms with Gasteiger partial charge in [0, 0.05) is 0 Å². The summed E-state index contributed by atoms with van der Waals surface area (Å²) in [6.45, 7) is 3.24. The van der Waals surface area contributed by atoms with Gasteiger partial charge in [-0.2, -0.15) is 0 Å². The van der Waals surface area contributed by atoms with Crippen molar-refractivity contribution in [1.82, 2.24) is 5.32 Å². The summed E-state index contributed by atoms with van der Waals surface area (Å²) >= 11 is 0. The van der Waals surface area contributed by atoms with E-state index in [4.69, 9.17) is 10.8 Å². The largest absolute Gasteiger partial charge is 1.00 e. The fraction of sp³-hybridized carbons (Fsp3) is 0.800. The normalized spacial score (nSPS) is 15.1. The third-order valence-corrected chi connectivity index (χ3v) is 0.883. The molecule has 2 atom stereocenters. The summed E-state index contributed by atoms with van der Waals surface area (Å²) in [6.07, 6.45) is -0.268. The van der Waals surface area contributed by atoms with E-state index >= 15 is 0 Å². The molecular formula is C5H13N2NaO2. The molecule has 0 aromatic carbocycles. The quantitative estimate of drug-likeness (QED) is 0.292. The summed E-state index contributed by atoms with van der Waals surface area (Å²) in [7, 11) is 0. The summed E-state index contributed by atoms with van der Waals surface area (Å²) in [6, 6.07) is -0.565. The summed E-state index contributed by atoms with van der Waals surface area (Å²) in [5, 5.41) is 10.9. The van der Waals surface area contributed by atoms with Crippen LogP contribution in [0.2, 0.25) is 0 Å². The third kappa shape index (κ3) is 6.51. The molecule has 0 bridgehead atoms. The molecule has 0 aliphatic carbocycles. The maximum absolute atomic E-state index is 10.1. The molecule has 56 valence electrons. The van der Waals surface area contributed by atoms with Crippen LogP contribution in [0, 0.1) is 0 Å². The van der Waals surface area contributed by atoms with Gasteiger partial charge in [0.15, 0.2) is 0 Å². The smallest absolute Gasteiger partial charge is 1.00 e. The van der Waals surface area contributed by atoms with Crippen molar-refractivity contribution in [2.24, 2.45) is 5.73 Å². The molecule has 5 heteroatoms. The number of carboxylic acid groups (broad SMARTS) is 1. The molecule has 4 nitrogen and oxygen atoms in total. The first-order valence-corrected chi connectivity index (χ1v) is 2.78. The van der Waals surface area contributed by atoms with Crippen LogP contribution in [0.4, 0.5) is 0 Å². The van der Waals surface area contributed by atoms with E-state index < -0.39 is 12.0 Å². The van der Waals surface area contributed by atoms with Gasteiger partial charge in [0.2, 0.25) is 0 Å². The zero-order valence-electron chi connectivity index (χ0n) is 7.59. The maximum Gasteiger partial charge on any atom is 1.00 e. The van der Waals surface area contributed by atoms with Crippen molar-refractivity contribution in [1.29, 1.82) is 0 Å². The fourth-order valence-electron chi connectivity index (χ4n) is 0.466. The van der Waals surface area contributed by atoms with Gasteiger partial charge in [-0.15, -0.1) is 0 Å². The first-order valence-electron chi connectivity index (χ1n) is 2.78. The second-order valence-electron chi connectivity index (χ2n) is 2.02. The molecule has 4 N–H and O–H groups in total. The van der Waals surface area contributed by atoms with Gasteiger partial charge in [-0.05, 0) is 13.8 Å². The van der Waals surface area contributed by atoms with Crippen molar-refractivity contribution in [3.8, 4) is 0 Å². The van der Waals surface area contributed by atoms with E-state index in [-0.39, 0.29) is 37.1 Å². The van der Waals surface area contributed by atoms with Crippen LogP contribution in [0.3, 0.4) is 0 Å². The SMILES string of the molecule is CC(N)NC(C)C(=O)O.[H-].[Na+]. The van der Waals surface area contributed by atoms with E-state index in [0.29, 0.717) is 0 Å². The summed E-state index contributed by atoms with van der Waals surface area (Å²) in [5.74, 6) is -0.882. The Labute approximate surface area is 83.9 Å². The Morgan fingerprint density at radius 3 is 2.20 bits per heavy atom. The van der Waals surface area contributed by atoms with Gasteiger partial charge in [-0.3, -0.25) is 10.1 Å². The van der Waals surface area contributed by atoms with Gasteiger partial charge < -0.3 is 12.3 Å². The number of nitrogens with two attached hydrogens (primary N) is 1. The van der Waals surface area contributed by atoms with Crippen molar-refractivity contribution in [3.05, 3.63) is 0 Å². The van der Waals surface area contributed by atoms with E-state index in [9.17, 15) is 4.79 Å². The molecule has 0 spiro atoms. The van der Waals surface area contributed by atoms with Gasteiger partial charge in [0.1, 0.15) is 6.04 Å². The number of hydrogen-bond acceptors (Lipinski definition) is 3. The Bertz CT molecular complexity index is 113. The molecule has 10 heavy (non-hydrogen) atoms. The Kier molecular flexibility index (Phi) is 7.97. The molecule has 0 aromatic heterocycles. The predicted molar refractivity (Wildman–Crippen MR) is 35.0 cm³/mol. The van der Waals surface area contributed by atoms with E-state index in [1.54, 1.807) is 13.8 Å². The third-order valence-electron chi connectivity index (χ3n) is 0.883. The average Bonchev–Trinajstić information content (AvgIpc) is 1.63. The molecule has 0 amide bonds. The molecule has 0 saturated carbocycles. The summed E-state index contributed by atoms with van der Waals surface area (Å²) < 4.78 is 0. The van der Waals surface area contributed by atoms with Crippen LogP contribution in [0.1, 0.15) is 15.3 Å². The Morgan fingerprint density at radius 1 is 1.70 bits per heavy atom. The number of rotatable bonds is 3. The number of carboxylic acids is 1. The van der Waals surface area contributed by atoms with Gasteiger partial charge in [0.05, 0.1) is 6.17 Å². The average molecular weight is 156 g/mol. The molecule has 0 aliphatic rings.